The first-order valence-corrected chi connectivity index (χ1v) is 4.16. The van der Waals surface area contributed by atoms with Gasteiger partial charge in [0, 0.05) is 0 Å². The standard InChI is InChI=1S/C8H14N2O4/c9-3-1-2-6(4-11)8(10,5-12)7(13)14/h4-6H,1-3,9-10H2,(H,13,14). The largest absolute Gasteiger partial charge is 0.480 e. The van der Waals surface area contributed by atoms with E-state index in [1.165, 1.54) is 0 Å². The van der Waals surface area contributed by atoms with Gasteiger partial charge < -0.3 is 26.2 Å². The van der Waals surface area contributed by atoms with Gasteiger partial charge >= 0.3 is 5.97 Å². The Hall–Kier alpha value is -1.27. The van der Waals surface area contributed by atoms with Crippen LogP contribution < -0.4 is 11.5 Å². The molecule has 0 aromatic carbocycles. The van der Waals surface area contributed by atoms with Gasteiger partial charge in [-0.15, -0.1) is 0 Å². The van der Waals surface area contributed by atoms with Gasteiger partial charge in [-0.05, 0) is 19.4 Å². The molecule has 0 aromatic heterocycles. The fourth-order valence-electron chi connectivity index (χ4n) is 1.05. The summed E-state index contributed by atoms with van der Waals surface area (Å²) in [4.78, 5) is 31.8. The summed E-state index contributed by atoms with van der Waals surface area (Å²) >= 11 is 0. The Kier molecular flexibility index (Phi) is 4.96. The summed E-state index contributed by atoms with van der Waals surface area (Å²) in [7, 11) is 0. The van der Waals surface area contributed by atoms with Gasteiger partial charge in [-0.25, -0.2) is 4.79 Å². The number of aldehydes is 2. The average Bonchev–Trinajstić information content (AvgIpc) is 2.18. The van der Waals surface area contributed by atoms with E-state index in [4.69, 9.17) is 16.6 Å². The van der Waals surface area contributed by atoms with Crippen LogP contribution in [0.5, 0.6) is 0 Å². The minimum atomic E-state index is -2.13. The van der Waals surface area contributed by atoms with Crippen LogP contribution in [-0.2, 0) is 14.4 Å². The maximum Gasteiger partial charge on any atom is 0.331 e. The molecule has 0 aromatic rings. The first-order chi connectivity index (χ1) is 6.52. The van der Waals surface area contributed by atoms with Crippen molar-refractivity contribution in [3.05, 3.63) is 0 Å². The zero-order valence-electron chi connectivity index (χ0n) is 7.68. The van der Waals surface area contributed by atoms with Gasteiger partial charge in [0.2, 0.25) is 0 Å². The summed E-state index contributed by atoms with van der Waals surface area (Å²) in [5.41, 5.74) is 8.37. The fourth-order valence-corrected chi connectivity index (χ4v) is 1.05. The molecule has 0 fully saturated rings. The van der Waals surface area contributed by atoms with E-state index in [1.54, 1.807) is 0 Å². The molecular formula is C8H14N2O4. The van der Waals surface area contributed by atoms with Crippen LogP contribution in [0.2, 0.25) is 0 Å². The van der Waals surface area contributed by atoms with Crippen LogP contribution in [0.15, 0.2) is 0 Å². The normalized spacial score (nSPS) is 16.7. The predicted octanol–water partition coefficient (Wildman–Crippen LogP) is -1.48. The smallest absolute Gasteiger partial charge is 0.331 e. The molecule has 0 saturated carbocycles. The molecular weight excluding hydrogens is 188 g/mol. The number of carbonyl (C=O) groups is 3. The fraction of sp³-hybridized carbons (Fsp3) is 0.625. The summed E-state index contributed by atoms with van der Waals surface area (Å²) in [5, 5.41) is 8.69. The molecule has 0 saturated heterocycles. The number of aliphatic carboxylic acids is 1. The molecule has 80 valence electrons. The third-order valence-electron chi connectivity index (χ3n) is 2.06. The number of nitrogens with two attached hydrogens (primary N) is 2. The topological polar surface area (TPSA) is 123 Å². The first kappa shape index (κ1) is 12.7. The Morgan fingerprint density at radius 2 is 2.07 bits per heavy atom. The van der Waals surface area contributed by atoms with Gasteiger partial charge in [0.15, 0.2) is 11.8 Å². The Morgan fingerprint density at radius 1 is 1.50 bits per heavy atom. The van der Waals surface area contributed by atoms with E-state index < -0.39 is 17.4 Å². The molecule has 0 aliphatic carbocycles. The van der Waals surface area contributed by atoms with Gasteiger partial charge in [-0.2, -0.15) is 0 Å². The number of hydrogen-bond donors (Lipinski definition) is 3. The number of rotatable bonds is 7. The lowest BCUT2D eigenvalue weighted by Gasteiger charge is -2.23. The third-order valence-corrected chi connectivity index (χ3v) is 2.06. The van der Waals surface area contributed by atoms with Crippen molar-refractivity contribution in [2.24, 2.45) is 17.4 Å². The van der Waals surface area contributed by atoms with Gasteiger partial charge in [0.1, 0.15) is 6.29 Å². The van der Waals surface area contributed by atoms with Crippen molar-refractivity contribution >= 4 is 18.5 Å². The Morgan fingerprint density at radius 3 is 2.36 bits per heavy atom. The zero-order chi connectivity index (χ0) is 11.2. The Balaban J connectivity index is 4.68. The van der Waals surface area contributed by atoms with Crippen LogP contribution in [-0.4, -0.2) is 35.7 Å². The van der Waals surface area contributed by atoms with Gasteiger partial charge in [-0.1, -0.05) is 0 Å². The third kappa shape index (κ3) is 2.61. The molecule has 0 heterocycles. The van der Waals surface area contributed by atoms with Crippen LogP contribution in [0.3, 0.4) is 0 Å². The highest BCUT2D eigenvalue weighted by Crippen LogP contribution is 2.16. The second-order valence-corrected chi connectivity index (χ2v) is 3.03. The van der Waals surface area contributed by atoms with Crippen molar-refractivity contribution in [3.63, 3.8) is 0 Å². The first-order valence-electron chi connectivity index (χ1n) is 4.16. The molecule has 14 heavy (non-hydrogen) atoms. The number of carbonyl (C=O) groups excluding carboxylic acids is 2. The minimum Gasteiger partial charge on any atom is -0.480 e. The summed E-state index contributed by atoms with van der Waals surface area (Å²) < 4.78 is 0. The van der Waals surface area contributed by atoms with Crippen LogP contribution >= 0.6 is 0 Å². The Bertz CT molecular complexity index is 231. The molecule has 0 amide bonds. The number of carboxylic acids is 1. The van der Waals surface area contributed by atoms with E-state index in [9.17, 15) is 14.4 Å². The van der Waals surface area contributed by atoms with Crippen LogP contribution in [0, 0.1) is 5.92 Å². The van der Waals surface area contributed by atoms with Crippen molar-refractivity contribution < 1.29 is 19.5 Å². The minimum absolute atomic E-state index is 0.0882. The summed E-state index contributed by atoms with van der Waals surface area (Å²) in [5.74, 6) is -2.53. The SMILES string of the molecule is NCCCC(C=O)C(N)(C=O)C(=O)O. The molecule has 0 aliphatic heterocycles. The summed E-state index contributed by atoms with van der Waals surface area (Å²) in [6, 6.07) is 0. The van der Waals surface area contributed by atoms with Crippen molar-refractivity contribution in [1.29, 1.82) is 0 Å². The van der Waals surface area contributed by atoms with Crippen molar-refractivity contribution in [2.45, 2.75) is 18.4 Å². The number of carboxylic acid groups (broad SMARTS) is 1. The highest BCUT2D eigenvalue weighted by molar-refractivity contribution is 6.00. The average molecular weight is 202 g/mol. The molecule has 0 rings (SSSR count). The molecule has 0 bridgehead atoms. The van der Waals surface area contributed by atoms with E-state index in [-0.39, 0.29) is 12.7 Å². The molecule has 0 aliphatic rings. The molecule has 0 spiro atoms. The molecule has 5 N–H and O–H groups in total. The Labute approximate surface area is 81.3 Å². The van der Waals surface area contributed by atoms with Crippen molar-refractivity contribution in [2.75, 3.05) is 6.54 Å². The predicted molar refractivity (Wildman–Crippen MR) is 48.5 cm³/mol. The van der Waals surface area contributed by atoms with E-state index in [2.05, 4.69) is 0 Å². The molecule has 6 heteroatoms. The highest BCUT2D eigenvalue weighted by atomic mass is 16.4. The lowest BCUT2D eigenvalue weighted by molar-refractivity contribution is -0.149. The van der Waals surface area contributed by atoms with Gasteiger partial charge in [-0.3, -0.25) is 0 Å². The molecule has 2 unspecified atom stereocenters. The van der Waals surface area contributed by atoms with Crippen LogP contribution in [0.25, 0.3) is 0 Å². The lowest BCUT2D eigenvalue weighted by atomic mass is 9.84. The second-order valence-electron chi connectivity index (χ2n) is 3.03. The maximum atomic E-state index is 10.7. The van der Waals surface area contributed by atoms with Crippen molar-refractivity contribution in [3.8, 4) is 0 Å². The van der Waals surface area contributed by atoms with Crippen molar-refractivity contribution in [1.82, 2.24) is 0 Å². The zero-order valence-corrected chi connectivity index (χ0v) is 7.68. The van der Waals surface area contributed by atoms with Crippen LogP contribution in [0.4, 0.5) is 0 Å². The van der Waals surface area contributed by atoms with E-state index >= 15 is 0 Å². The molecule has 0 radical (unpaired) electrons. The second kappa shape index (κ2) is 5.46. The van der Waals surface area contributed by atoms with Gasteiger partial charge in [0.25, 0.3) is 0 Å². The number of hydrogen-bond acceptors (Lipinski definition) is 5. The molecule has 6 nitrogen and oxygen atoms in total. The van der Waals surface area contributed by atoms with E-state index in [0.717, 1.165) is 0 Å². The van der Waals surface area contributed by atoms with Crippen LogP contribution in [0.1, 0.15) is 12.8 Å². The van der Waals surface area contributed by atoms with Gasteiger partial charge in [0.05, 0.1) is 5.92 Å². The summed E-state index contributed by atoms with van der Waals surface area (Å²) in [6.45, 7) is 0.318. The molecule has 2 atom stereocenters. The van der Waals surface area contributed by atoms with E-state index in [0.29, 0.717) is 19.3 Å². The summed E-state index contributed by atoms with van der Waals surface area (Å²) in [6.07, 6.45) is 1.12. The quantitative estimate of drug-likeness (QED) is 0.341. The lowest BCUT2D eigenvalue weighted by Crippen LogP contribution is -2.56. The van der Waals surface area contributed by atoms with E-state index in [1.807, 2.05) is 0 Å². The highest BCUT2D eigenvalue weighted by Gasteiger charge is 2.41. The monoisotopic (exact) mass is 202 g/mol. The maximum absolute atomic E-state index is 10.7.